The fourth-order valence-corrected chi connectivity index (χ4v) is 0.884. The van der Waals surface area contributed by atoms with Gasteiger partial charge in [0.15, 0.2) is 0 Å². The van der Waals surface area contributed by atoms with Gasteiger partial charge >= 0.3 is 0 Å². The molecule has 0 heterocycles. The molecule has 0 saturated carbocycles. The van der Waals surface area contributed by atoms with Crippen molar-refractivity contribution in [3.05, 3.63) is 0 Å². The molecule has 0 radical (unpaired) electrons. The number of hydrogen-bond acceptors (Lipinski definition) is 3. The molecule has 3 nitrogen and oxygen atoms in total. The van der Waals surface area contributed by atoms with E-state index in [-0.39, 0.29) is 6.61 Å². The zero-order chi connectivity index (χ0) is 8.69. The average molecular weight is 158 g/mol. The third-order valence-electron chi connectivity index (χ3n) is 1.32. The summed E-state index contributed by atoms with van der Waals surface area (Å²) in [6.45, 7) is 2.30. The molecule has 11 heavy (non-hydrogen) atoms. The zero-order valence-electron chi connectivity index (χ0n) is 7.67. The molecule has 0 unspecified atom stereocenters. The van der Waals surface area contributed by atoms with Crippen molar-refractivity contribution in [1.82, 2.24) is 5.01 Å². The number of hydrazone groups is 1. The van der Waals surface area contributed by atoms with E-state index in [9.17, 15) is 0 Å². The first kappa shape index (κ1) is 10.4. The molecule has 0 saturated heterocycles. The van der Waals surface area contributed by atoms with Crippen molar-refractivity contribution in [2.45, 2.75) is 26.2 Å². The van der Waals surface area contributed by atoms with Gasteiger partial charge in [-0.3, -0.25) is 0 Å². The number of aliphatic hydroxyl groups excluding tert-OH is 1. The van der Waals surface area contributed by atoms with Crippen molar-refractivity contribution in [2.75, 3.05) is 20.7 Å². The van der Waals surface area contributed by atoms with Gasteiger partial charge in [-0.25, -0.2) is 0 Å². The fourth-order valence-electron chi connectivity index (χ4n) is 0.884. The van der Waals surface area contributed by atoms with Gasteiger partial charge in [-0.2, -0.15) is 5.10 Å². The average Bonchev–Trinajstić information content (AvgIpc) is 1.86. The number of unbranched alkanes of at least 4 members (excludes halogenated alkanes) is 1. The van der Waals surface area contributed by atoms with Gasteiger partial charge in [0, 0.05) is 26.4 Å². The molecule has 0 bridgehead atoms. The lowest BCUT2D eigenvalue weighted by molar-refractivity contribution is 0.285. The van der Waals surface area contributed by atoms with Crippen LogP contribution in [0.25, 0.3) is 0 Å². The molecule has 0 aliphatic rings. The molecule has 0 aromatic carbocycles. The Morgan fingerprint density at radius 3 is 2.45 bits per heavy atom. The standard InChI is InChI=1S/C8H18N2O/c1-8(9-10(2)3)6-4-5-7-11/h11H,4-7H2,1-3H3. The van der Waals surface area contributed by atoms with Crippen molar-refractivity contribution in [3.8, 4) is 0 Å². The van der Waals surface area contributed by atoms with Crippen LogP contribution in [0.4, 0.5) is 0 Å². The molecule has 0 amide bonds. The summed E-state index contributed by atoms with van der Waals surface area (Å²) in [6, 6.07) is 0. The van der Waals surface area contributed by atoms with Gasteiger partial charge in [0.2, 0.25) is 0 Å². The lowest BCUT2D eigenvalue weighted by atomic mass is 10.2. The molecule has 0 atom stereocenters. The van der Waals surface area contributed by atoms with E-state index in [1.165, 1.54) is 0 Å². The number of hydrogen-bond donors (Lipinski definition) is 1. The van der Waals surface area contributed by atoms with E-state index in [1.54, 1.807) is 5.01 Å². The highest BCUT2D eigenvalue weighted by atomic mass is 16.2. The maximum atomic E-state index is 8.51. The molecular weight excluding hydrogens is 140 g/mol. The molecule has 0 fully saturated rings. The van der Waals surface area contributed by atoms with Gasteiger partial charge in [-0.1, -0.05) is 0 Å². The first-order valence-electron chi connectivity index (χ1n) is 3.99. The Balaban J connectivity index is 3.43. The van der Waals surface area contributed by atoms with E-state index >= 15 is 0 Å². The van der Waals surface area contributed by atoms with Crippen LogP contribution in [-0.4, -0.2) is 36.5 Å². The first-order chi connectivity index (χ1) is 5.16. The summed E-state index contributed by atoms with van der Waals surface area (Å²) >= 11 is 0. The van der Waals surface area contributed by atoms with Crippen molar-refractivity contribution in [2.24, 2.45) is 5.10 Å². The molecular formula is C8H18N2O. The van der Waals surface area contributed by atoms with Crippen LogP contribution < -0.4 is 0 Å². The molecule has 1 N–H and O–H groups in total. The number of aliphatic hydroxyl groups is 1. The molecule has 0 aromatic heterocycles. The van der Waals surface area contributed by atoms with Crippen LogP contribution in [0, 0.1) is 0 Å². The summed E-state index contributed by atoms with van der Waals surface area (Å²) in [4.78, 5) is 0. The number of rotatable bonds is 5. The maximum absolute atomic E-state index is 8.51. The largest absolute Gasteiger partial charge is 0.396 e. The predicted molar refractivity (Wildman–Crippen MR) is 47.7 cm³/mol. The van der Waals surface area contributed by atoms with E-state index in [1.807, 2.05) is 21.0 Å². The van der Waals surface area contributed by atoms with Gasteiger partial charge in [0.05, 0.1) is 0 Å². The third-order valence-corrected chi connectivity index (χ3v) is 1.32. The summed E-state index contributed by atoms with van der Waals surface area (Å²) in [7, 11) is 3.82. The van der Waals surface area contributed by atoms with Crippen LogP contribution in [0.5, 0.6) is 0 Å². The topological polar surface area (TPSA) is 35.8 Å². The summed E-state index contributed by atoms with van der Waals surface area (Å²) in [5, 5.41) is 14.5. The fraction of sp³-hybridized carbons (Fsp3) is 0.875. The van der Waals surface area contributed by atoms with Crippen LogP contribution in [0.1, 0.15) is 26.2 Å². The summed E-state index contributed by atoms with van der Waals surface area (Å²) in [5.74, 6) is 0. The Morgan fingerprint density at radius 2 is 2.00 bits per heavy atom. The predicted octanol–water partition coefficient (Wildman–Crippen LogP) is 1.09. The molecule has 66 valence electrons. The lowest BCUT2D eigenvalue weighted by Gasteiger charge is -2.06. The Hall–Kier alpha value is -0.570. The van der Waals surface area contributed by atoms with Gasteiger partial charge in [-0.05, 0) is 26.2 Å². The first-order valence-corrected chi connectivity index (χ1v) is 3.99. The monoisotopic (exact) mass is 158 g/mol. The molecule has 0 aliphatic heterocycles. The van der Waals surface area contributed by atoms with Crippen LogP contribution in [0.15, 0.2) is 5.10 Å². The normalized spacial score (nSPS) is 11.8. The molecule has 3 heteroatoms. The Bertz CT molecular complexity index is 121. The lowest BCUT2D eigenvalue weighted by Crippen LogP contribution is -2.06. The smallest absolute Gasteiger partial charge is 0.0431 e. The Kier molecular flexibility index (Phi) is 5.84. The van der Waals surface area contributed by atoms with Crippen molar-refractivity contribution in [3.63, 3.8) is 0 Å². The molecule has 0 aliphatic carbocycles. The quantitative estimate of drug-likeness (QED) is 0.369. The maximum Gasteiger partial charge on any atom is 0.0431 e. The van der Waals surface area contributed by atoms with E-state index in [0.717, 1.165) is 25.0 Å². The van der Waals surface area contributed by atoms with Crippen LogP contribution in [0.2, 0.25) is 0 Å². The minimum absolute atomic E-state index is 0.287. The SMILES string of the molecule is CC(CCCCO)=NN(C)C. The summed E-state index contributed by atoms with van der Waals surface area (Å²) in [6.07, 6.45) is 2.89. The summed E-state index contributed by atoms with van der Waals surface area (Å²) < 4.78 is 0. The van der Waals surface area contributed by atoms with Gasteiger partial charge in [0.1, 0.15) is 0 Å². The van der Waals surface area contributed by atoms with E-state index in [2.05, 4.69) is 5.10 Å². The second kappa shape index (κ2) is 6.16. The summed E-state index contributed by atoms with van der Waals surface area (Å²) in [5.41, 5.74) is 1.13. The Morgan fingerprint density at radius 1 is 1.36 bits per heavy atom. The highest BCUT2D eigenvalue weighted by molar-refractivity contribution is 5.81. The van der Waals surface area contributed by atoms with E-state index < -0.39 is 0 Å². The van der Waals surface area contributed by atoms with Gasteiger partial charge < -0.3 is 10.1 Å². The second-order valence-electron chi connectivity index (χ2n) is 2.86. The van der Waals surface area contributed by atoms with Crippen LogP contribution in [0.3, 0.4) is 0 Å². The molecule has 0 rings (SSSR count). The van der Waals surface area contributed by atoms with Gasteiger partial charge in [-0.15, -0.1) is 0 Å². The minimum Gasteiger partial charge on any atom is -0.396 e. The minimum atomic E-state index is 0.287. The van der Waals surface area contributed by atoms with Crippen molar-refractivity contribution in [1.29, 1.82) is 0 Å². The Labute approximate surface area is 68.7 Å². The number of nitrogens with zero attached hydrogens (tertiary/aromatic N) is 2. The molecule has 0 spiro atoms. The van der Waals surface area contributed by atoms with Crippen molar-refractivity contribution < 1.29 is 5.11 Å². The van der Waals surface area contributed by atoms with Crippen LogP contribution >= 0.6 is 0 Å². The van der Waals surface area contributed by atoms with Crippen LogP contribution in [-0.2, 0) is 0 Å². The second-order valence-corrected chi connectivity index (χ2v) is 2.86. The highest BCUT2D eigenvalue weighted by Crippen LogP contribution is 1.97. The molecule has 0 aromatic rings. The van der Waals surface area contributed by atoms with E-state index in [0.29, 0.717) is 0 Å². The van der Waals surface area contributed by atoms with Crippen molar-refractivity contribution >= 4 is 5.71 Å². The van der Waals surface area contributed by atoms with Gasteiger partial charge in [0.25, 0.3) is 0 Å². The third kappa shape index (κ3) is 7.33. The van der Waals surface area contributed by atoms with E-state index in [4.69, 9.17) is 5.11 Å². The highest BCUT2D eigenvalue weighted by Gasteiger charge is 1.92. The zero-order valence-corrected chi connectivity index (χ0v) is 7.67.